The van der Waals surface area contributed by atoms with E-state index in [9.17, 15) is 19.2 Å². The van der Waals surface area contributed by atoms with Gasteiger partial charge in [0.15, 0.2) is 11.5 Å². The van der Waals surface area contributed by atoms with E-state index in [1.807, 2.05) is 0 Å². The van der Waals surface area contributed by atoms with Gasteiger partial charge >= 0.3 is 24.2 Å². The monoisotopic (exact) mass is 503 g/mol. The third-order valence-corrected chi connectivity index (χ3v) is 4.46. The van der Waals surface area contributed by atoms with Crippen molar-refractivity contribution in [3.05, 3.63) is 59.7 Å². The van der Waals surface area contributed by atoms with Gasteiger partial charge in [-0.05, 0) is 57.0 Å². The van der Waals surface area contributed by atoms with E-state index in [0.29, 0.717) is 11.1 Å². The Hall–Kier alpha value is -4.12. The van der Waals surface area contributed by atoms with Gasteiger partial charge in [-0.1, -0.05) is 24.3 Å². The van der Waals surface area contributed by atoms with E-state index in [0.717, 1.165) is 0 Å². The van der Waals surface area contributed by atoms with Crippen LogP contribution in [0, 0.1) is 0 Å². The van der Waals surface area contributed by atoms with Crippen LogP contribution in [0.2, 0.25) is 0 Å². The maximum Gasteiger partial charge on any atom is 0.513 e. The molecule has 11 heteroatoms. The van der Waals surface area contributed by atoms with Crippen molar-refractivity contribution >= 4 is 24.2 Å². The van der Waals surface area contributed by atoms with Crippen LogP contribution in [0.1, 0.15) is 36.7 Å². The quantitative estimate of drug-likeness (QED) is 0.273. The van der Waals surface area contributed by atoms with Crippen LogP contribution in [0.5, 0.6) is 11.5 Å². The number of nitrogens with two attached hydrogens (primary N) is 1. The minimum absolute atomic E-state index is 0.00981. The third kappa shape index (κ3) is 9.26. The second-order valence-electron chi connectivity index (χ2n) is 7.37. The summed E-state index contributed by atoms with van der Waals surface area (Å²) in [5.74, 6) is -1.48. The molecular weight excluding hydrogens is 474 g/mol. The van der Waals surface area contributed by atoms with Gasteiger partial charge in [-0.3, -0.25) is 4.79 Å². The molecule has 36 heavy (non-hydrogen) atoms. The van der Waals surface area contributed by atoms with Crippen molar-refractivity contribution in [2.24, 2.45) is 5.73 Å². The lowest BCUT2D eigenvalue weighted by Crippen LogP contribution is -2.36. The first-order chi connectivity index (χ1) is 17.2. The summed E-state index contributed by atoms with van der Waals surface area (Å²) in [6.07, 6.45) is -2.68. The molecule has 2 N–H and O–H groups in total. The molecule has 194 valence electrons. The van der Waals surface area contributed by atoms with Crippen LogP contribution in [0.15, 0.2) is 48.5 Å². The molecule has 0 spiro atoms. The molecule has 1 unspecified atom stereocenters. The average molecular weight is 504 g/mol. The van der Waals surface area contributed by atoms with Gasteiger partial charge in [0.05, 0.1) is 18.8 Å². The summed E-state index contributed by atoms with van der Waals surface area (Å²) in [5, 5.41) is 0. The van der Waals surface area contributed by atoms with Crippen molar-refractivity contribution in [3.8, 4) is 11.5 Å². The summed E-state index contributed by atoms with van der Waals surface area (Å²) in [6, 6.07) is 11.6. The standard InChI is InChI=1S/C25H29NO10/c1-4-31-24(29)35-20-12-11-17(14-21(20)36-25(30)32-5-2)13-19(26)23(28)33-15-16(3)34-22(27)18-9-7-6-8-10-18/h6-12,14,16,19H,4-5,13,15,26H2,1-3H3/t16?,19-/m0/s1. The molecule has 0 aromatic heterocycles. The second-order valence-corrected chi connectivity index (χ2v) is 7.37. The lowest BCUT2D eigenvalue weighted by molar-refractivity contribution is -0.148. The molecule has 0 bridgehead atoms. The van der Waals surface area contributed by atoms with Crippen LogP contribution in [0.4, 0.5) is 9.59 Å². The fourth-order valence-corrected chi connectivity index (χ4v) is 2.82. The Morgan fingerprint density at radius 2 is 1.44 bits per heavy atom. The topological polar surface area (TPSA) is 150 Å². The Morgan fingerprint density at radius 1 is 0.833 bits per heavy atom. The summed E-state index contributed by atoms with van der Waals surface area (Å²) < 4.78 is 30.1. The SMILES string of the molecule is CCOC(=O)Oc1ccc(C[C@H](N)C(=O)OCC(C)OC(=O)c2ccccc2)cc1OC(=O)OCC. The van der Waals surface area contributed by atoms with E-state index >= 15 is 0 Å². The largest absolute Gasteiger partial charge is 0.513 e. The molecule has 0 radical (unpaired) electrons. The van der Waals surface area contributed by atoms with Crippen LogP contribution in [-0.4, -0.2) is 56.2 Å². The smallest absolute Gasteiger partial charge is 0.461 e. The molecule has 0 aliphatic rings. The number of carbonyl (C=O) groups is 4. The van der Waals surface area contributed by atoms with Crippen molar-refractivity contribution in [3.63, 3.8) is 0 Å². The number of benzene rings is 2. The first-order valence-electron chi connectivity index (χ1n) is 11.2. The Labute approximate surface area is 208 Å². The molecule has 11 nitrogen and oxygen atoms in total. The maximum absolute atomic E-state index is 12.4. The van der Waals surface area contributed by atoms with Crippen LogP contribution >= 0.6 is 0 Å². The van der Waals surface area contributed by atoms with Crippen LogP contribution in [0.25, 0.3) is 0 Å². The van der Waals surface area contributed by atoms with Gasteiger partial charge in [0.2, 0.25) is 0 Å². The van der Waals surface area contributed by atoms with Crippen LogP contribution < -0.4 is 15.2 Å². The van der Waals surface area contributed by atoms with Gasteiger partial charge in [0.1, 0.15) is 18.8 Å². The Balaban J connectivity index is 1.97. The predicted molar refractivity (Wildman–Crippen MR) is 126 cm³/mol. The summed E-state index contributed by atoms with van der Waals surface area (Å²) in [4.78, 5) is 47.9. The minimum Gasteiger partial charge on any atom is -0.461 e. The summed E-state index contributed by atoms with van der Waals surface area (Å²) in [5.41, 5.74) is 6.83. The molecule has 2 aromatic rings. The Morgan fingerprint density at radius 3 is 2.06 bits per heavy atom. The molecule has 2 aromatic carbocycles. The highest BCUT2D eigenvalue weighted by molar-refractivity contribution is 5.89. The van der Waals surface area contributed by atoms with Gasteiger partial charge in [0.25, 0.3) is 0 Å². The van der Waals surface area contributed by atoms with Gasteiger partial charge in [-0.2, -0.15) is 0 Å². The lowest BCUT2D eigenvalue weighted by atomic mass is 10.1. The zero-order valence-corrected chi connectivity index (χ0v) is 20.3. The van der Waals surface area contributed by atoms with Gasteiger partial charge in [-0.15, -0.1) is 0 Å². The molecule has 0 amide bonds. The molecule has 0 saturated carbocycles. The van der Waals surface area contributed by atoms with Crippen molar-refractivity contribution in [1.82, 2.24) is 0 Å². The summed E-state index contributed by atoms with van der Waals surface area (Å²) >= 11 is 0. The molecule has 0 saturated heterocycles. The predicted octanol–water partition coefficient (Wildman–Crippen LogP) is 3.42. The van der Waals surface area contributed by atoms with E-state index in [1.54, 1.807) is 51.1 Å². The van der Waals surface area contributed by atoms with Crippen molar-refractivity contribution in [1.29, 1.82) is 0 Å². The van der Waals surface area contributed by atoms with Gasteiger partial charge < -0.3 is 34.2 Å². The number of ether oxygens (including phenoxy) is 6. The van der Waals surface area contributed by atoms with Gasteiger partial charge in [-0.25, -0.2) is 14.4 Å². The van der Waals surface area contributed by atoms with Crippen molar-refractivity contribution in [2.45, 2.75) is 39.3 Å². The van der Waals surface area contributed by atoms with Crippen LogP contribution in [0.3, 0.4) is 0 Å². The first kappa shape index (κ1) is 28.1. The fourth-order valence-electron chi connectivity index (χ4n) is 2.82. The first-order valence-corrected chi connectivity index (χ1v) is 11.2. The molecule has 0 aliphatic heterocycles. The number of hydrogen-bond donors (Lipinski definition) is 1. The highest BCUT2D eigenvalue weighted by Crippen LogP contribution is 2.30. The normalized spacial score (nSPS) is 12.0. The molecule has 0 heterocycles. The molecule has 2 atom stereocenters. The van der Waals surface area contributed by atoms with E-state index < -0.39 is 36.4 Å². The summed E-state index contributed by atoms with van der Waals surface area (Å²) in [7, 11) is 0. The summed E-state index contributed by atoms with van der Waals surface area (Å²) in [6.45, 7) is 4.76. The zero-order valence-electron chi connectivity index (χ0n) is 20.3. The maximum atomic E-state index is 12.4. The van der Waals surface area contributed by atoms with Crippen molar-refractivity contribution in [2.75, 3.05) is 19.8 Å². The number of esters is 2. The fraction of sp³-hybridized carbons (Fsp3) is 0.360. The zero-order chi connectivity index (χ0) is 26.5. The number of carbonyl (C=O) groups excluding carboxylic acids is 4. The van der Waals surface area contributed by atoms with Gasteiger partial charge in [0, 0.05) is 0 Å². The third-order valence-electron chi connectivity index (χ3n) is 4.46. The van der Waals surface area contributed by atoms with E-state index in [2.05, 4.69) is 0 Å². The Kier molecular flexibility index (Phi) is 11.2. The minimum atomic E-state index is -1.07. The molecule has 2 rings (SSSR count). The molecular formula is C25H29NO10. The van der Waals surface area contributed by atoms with Crippen LogP contribution in [-0.2, 0) is 30.2 Å². The second kappa shape index (κ2) is 14.3. The van der Waals surface area contributed by atoms with E-state index in [4.69, 9.17) is 34.2 Å². The highest BCUT2D eigenvalue weighted by Gasteiger charge is 2.21. The number of rotatable bonds is 11. The molecule has 0 aliphatic carbocycles. The lowest BCUT2D eigenvalue weighted by Gasteiger charge is -2.17. The van der Waals surface area contributed by atoms with E-state index in [-0.39, 0.29) is 37.7 Å². The highest BCUT2D eigenvalue weighted by atomic mass is 16.7. The Bertz CT molecular complexity index is 1040. The molecule has 0 fully saturated rings. The average Bonchev–Trinajstić information content (AvgIpc) is 2.84. The van der Waals surface area contributed by atoms with E-state index in [1.165, 1.54) is 18.2 Å². The van der Waals surface area contributed by atoms with Crippen molar-refractivity contribution < 1.29 is 47.6 Å². The number of hydrogen-bond acceptors (Lipinski definition) is 11.